The van der Waals surface area contributed by atoms with E-state index in [-0.39, 0.29) is 11.8 Å². The molecule has 1 fully saturated rings. The molecule has 1 saturated heterocycles. The highest BCUT2D eigenvalue weighted by Gasteiger charge is 2.23. The molecule has 0 aromatic heterocycles. The number of benzene rings is 1. The predicted octanol–water partition coefficient (Wildman–Crippen LogP) is 2.02. The van der Waals surface area contributed by atoms with Crippen LogP contribution >= 0.6 is 0 Å². The second-order valence-corrected chi connectivity index (χ2v) is 4.72. The van der Waals surface area contributed by atoms with Crippen molar-refractivity contribution in [3.05, 3.63) is 30.1 Å². The van der Waals surface area contributed by atoms with Gasteiger partial charge in [0.25, 0.3) is 0 Å². The van der Waals surface area contributed by atoms with Gasteiger partial charge in [-0.1, -0.05) is 12.1 Å². The minimum absolute atomic E-state index is 0.0516. The molecule has 2 amide bonds. The molecule has 0 unspecified atom stereocenters. The van der Waals surface area contributed by atoms with Crippen molar-refractivity contribution in [3.63, 3.8) is 0 Å². The van der Waals surface area contributed by atoms with E-state index in [1.54, 1.807) is 24.1 Å². The predicted molar refractivity (Wildman–Crippen MR) is 73.9 cm³/mol. The molecule has 0 radical (unpaired) electrons. The Bertz CT molecular complexity index is 444. The summed E-state index contributed by atoms with van der Waals surface area (Å²) in [6, 6.07) is 6.83. The first kappa shape index (κ1) is 13.6. The van der Waals surface area contributed by atoms with Gasteiger partial charge < -0.3 is 14.7 Å². The minimum atomic E-state index is -0.201. The van der Waals surface area contributed by atoms with Crippen molar-refractivity contribution in [1.29, 1.82) is 0 Å². The largest absolute Gasteiger partial charge is 0.366 e. The van der Waals surface area contributed by atoms with E-state index >= 15 is 0 Å². The molecule has 1 aromatic rings. The smallest absolute Gasteiger partial charge is 0.319 e. The van der Waals surface area contributed by atoms with E-state index in [9.17, 15) is 9.18 Å². The third kappa shape index (κ3) is 2.97. The normalized spacial score (nSPS) is 15.5. The van der Waals surface area contributed by atoms with Gasteiger partial charge in [-0.3, -0.25) is 0 Å². The fourth-order valence-corrected chi connectivity index (χ4v) is 2.22. The maximum atomic E-state index is 13.7. The van der Waals surface area contributed by atoms with Gasteiger partial charge in [0.15, 0.2) is 0 Å². The highest BCUT2D eigenvalue weighted by molar-refractivity contribution is 5.74. The van der Waals surface area contributed by atoms with Crippen LogP contribution in [0.1, 0.15) is 6.92 Å². The summed E-state index contributed by atoms with van der Waals surface area (Å²) in [5.41, 5.74) is 0.624. The number of amides is 2. The van der Waals surface area contributed by atoms with Gasteiger partial charge in [-0.15, -0.1) is 0 Å². The SMILES string of the molecule is CCN(C)C(=O)N1CCN(c2ccccc2F)CC1. The van der Waals surface area contributed by atoms with Gasteiger partial charge in [-0.25, -0.2) is 9.18 Å². The fourth-order valence-electron chi connectivity index (χ4n) is 2.22. The van der Waals surface area contributed by atoms with E-state index in [1.807, 2.05) is 22.8 Å². The summed E-state index contributed by atoms with van der Waals surface area (Å²) in [4.78, 5) is 17.5. The molecule has 1 aliphatic rings. The number of hydrogen-bond donors (Lipinski definition) is 0. The third-order valence-electron chi connectivity index (χ3n) is 3.54. The van der Waals surface area contributed by atoms with Crippen LogP contribution in [-0.4, -0.2) is 55.6 Å². The number of halogens is 1. The number of carbonyl (C=O) groups is 1. The average molecular weight is 265 g/mol. The van der Waals surface area contributed by atoms with Crippen molar-refractivity contribution in [1.82, 2.24) is 9.80 Å². The summed E-state index contributed by atoms with van der Waals surface area (Å²) < 4.78 is 13.7. The summed E-state index contributed by atoms with van der Waals surface area (Å²) in [6.07, 6.45) is 0. The maximum Gasteiger partial charge on any atom is 0.319 e. The number of nitrogens with zero attached hydrogens (tertiary/aromatic N) is 3. The highest BCUT2D eigenvalue weighted by Crippen LogP contribution is 2.20. The Morgan fingerprint density at radius 1 is 1.26 bits per heavy atom. The summed E-state index contributed by atoms with van der Waals surface area (Å²) in [6.45, 7) is 5.27. The second-order valence-electron chi connectivity index (χ2n) is 4.72. The van der Waals surface area contributed by atoms with Gasteiger partial charge in [0.2, 0.25) is 0 Å². The molecular weight excluding hydrogens is 245 g/mol. The standard InChI is InChI=1S/C14H20FN3O/c1-3-16(2)14(19)18-10-8-17(9-11-18)13-7-5-4-6-12(13)15/h4-7H,3,8-11H2,1-2H3. The Morgan fingerprint density at radius 2 is 1.89 bits per heavy atom. The monoisotopic (exact) mass is 265 g/mol. The quantitative estimate of drug-likeness (QED) is 0.818. The van der Waals surface area contributed by atoms with Gasteiger partial charge in [0, 0.05) is 39.8 Å². The van der Waals surface area contributed by atoms with E-state index in [0.717, 1.165) is 0 Å². The van der Waals surface area contributed by atoms with Crippen molar-refractivity contribution >= 4 is 11.7 Å². The van der Waals surface area contributed by atoms with Crippen molar-refractivity contribution in [2.45, 2.75) is 6.92 Å². The number of urea groups is 1. The second kappa shape index (κ2) is 5.91. The number of hydrogen-bond acceptors (Lipinski definition) is 2. The first-order chi connectivity index (χ1) is 9.13. The van der Waals surface area contributed by atoms with E-state index in [2.05, 4.69) is 0 Å². The van der Waals surface area contributed by atoms with Crippen molar-refractivity contribution in [3.8, 4) is 0 Å². The molecule has 1 heterocycles. The molecule has 4 nitrogen and oxygen atoms in total. The Kier molecular flexibility index (Phi) is 4.24. The van der Waals surface area contributed by atoms with E-state index in [4.69, 9.17) is 0 Å². The van der Waals surface area contributed by atoms with Crippen LogP contribution in [-0.2, 0) is 0 Å². The van der Waals surface area contributed by atoms with Gasteiger partial charge in [-0.2, -0.15) is 0 Å². The summed E-state index contributed by atoms with van der Waals surface area (Å²) in [7, 11) is 1.80. The molecule has 2 rings (SSSR count). The van der Waals surface area contributed by atoms with E-state index in [0.29, 0.717) is 38.4 Å². The molecule has 0 spiro atoms. The van der Waals surface area contributed by atoms with Crippen molar-refractivity contribution in [2.75, 3.05) is 44.7 Å². The summed E-state index contributed by atoms with van der Waals surface area (Å²) in [5.74, 6) is -0.201. The molecule has 0 aliphatic carbocycles. The van der Waals surface area contributed by atoms with Crippen LogP contribution in [0.2, 0.25) is 0 Å². The van der Waals surface area contributed by atoms with Crippen LogP contribution in [0.25, 0.3) is 0 Å². The van der Waals surface area contributed by atoms with Crippen LogP contribution in [0, 0.1) is 5.82 Å². The van der Waals surface area contributed by atoms with E-state index < -0.39 is 0 Å². The Labute approximate surface area is 113 Å². The molecule has 0 saturated carbocycles. The number of carbonyl (C=O) groups excluding carboxylic acids is 1. The highest BCUT2D eigenvalue weighted by atomic mass is 19.1. The van der Waals surface area contributed by atoms with Gasteiger partial charge >= 0.3 is 6.03 Å². The Balaban J connectivity index is 1.96. The van der Waals surface area contributed by atoms with Crippen LogP contribution in [0.4, 0.5) is 14.9 Å². The van der Waals surface area contributed by atoms with Crippen LogP contribution in [0.15, 0.2) is 24.3 Å². The molecule has 1 aromatic carbocycles. The lowest BCUT2D eigenvalue weighted by molar-refractivity contribution is 0.161. The Hall–Kier alpha value is -1.78. The van der Waals surface area contributed by atoms with Gasteiger partial charge in [-0.05, 0) is 19.1 Å². The lowest BCUT2D eigenvalue weighted by Crippen LogP contribution is -2.52. The number of para-hydroxylation sites is 1. The summed E-state index contributed by atoms with van der Waals surface area (Å²) in [5, 5.41) is 0. The third-order valence-corrected chi connectivity index (χ3v) is 3.54. The molecule has 19 heavy (non-hydrogen) atoms. The molecule has 104 valence electrons. The molecule has 0 N–H and O–H groups in total. The molecular formula is C14H20FN3O. The Morgan fingerprint density at radius 3 is 2.47 bits per heavy atom. The average Bonchev–Trinajstić information content (AvgIpc) is 2.46. The summed E-state index contributed by atoms with van der Waals surface area (Å²) >= 11 is 0. The lowest BCUT2D eigenvalue weighted by atomic mass is 10.2. The van der Waals surface area contributed by atoms with Crippen LogP contribution < -0.4 is 4.90 Å². The van der Waals surface area contributed by atoms with Crippen molar-refractivity contribution < 1.29 is 9.18 Å². The van der Waals surface area contributed by atoms with Crippen LogP contribution in [0.5, 0.6) is 0 Å². The zero-order valence-corrected chi connectivity index (χ0v) is 11.5. The zero-order chi connectivity index (χ0) is 13.8. The molecule has 1 aliphatic heterocycles. The van der Waals surface area contributed by atoms with Gasteiger partial charge in [0.05, 0.1) is 5.69 Å². The number of anilines is 1. The van der Waals surface area contributed by atoms with Gasteiger partial charge in [0.1, 0.15) is 5.82 Å². The molecule has 0 atom stereocenters. The minimum Gasteiger partial charge on any atom is -0.366 e. The molecule has 5 heteroatoms. The number of piperazine rings is 1. The topological polar surface area (TPSA) is 26.8 Å². The van der Waals surface area contributed by atoms with E-state index in [1.165, 1.54) is 6.07 Å². The van der Waals surface area contributed by atoms with Crippen LogP contribution in [0.3, 0.4) is 0 Å². The molecule has 0 bridgehead atoms. The fraction of sp³-hybridized carbons (Fsp3) is 0.500. The lowest BCUT2D eigenvalue weighted by Gasteiger charge is -2.37. The van der Waals surface area contributed by atoms with Crippen molar-refractivity contribution in [2.24, 2.45) is 0 Å². The zero-order valence-electron chi connectivity index (χ0n) is 11.5. The first-order valence-electron chi connectivity index (χ1n) is 6.63. The number of rotatable bonds is 2. The first-order valence-corrected chi connectivity index (χ1v) is 6.63. The maximum absolute atomic E-state index is 13.7.